The van der Waals surface area contributed by atoms with Crippen molar-refractivity contribution in [3.63, 3.8) is 0 Å². The van der Waals surface area contributed by atoms with Crippen LogP contribution in [-0.2, 0) is 4.79 Å². The molecule has 0 bridgehead atoms. The SMILES string of the molecule is COc1ccc2c(c1)C(c1ccccc1)CC(C(=O)O)=C2. The zero-order chi connectivity index (χ0) is 14.8. The lowest BCUT2D eigenvalue weighted by Gasteiger charge is -2.25. The molecule has 21 heavy (non-hydrogen) atoms. The van der Waals surface area contributed by atoms with Crippen LogP contribution in [0.25, 0.3) is 6.08 Å². The van der Waals surface area contributed by atoms with Crippen molar-refractivity contribution < 1.29 is 14.6 Å². The molecule has 0 amide bonds. The average Bonchev–Trinajstić information content (AvgIpc) is 2.54. The summed E-state index contributed by atoms with van der Waals surface area (Å²) in [6.07, 6.45) is 2.26. The highest BCUT2D eigenvalue weighted by molar-refractivity contribution is 5.93. The summed E-state index contributed by atoms with van der Waals surface area (Å²) in [5.41, 5.74) is 3.64. The van der Waals surface area contributed by atoms with Gasteiger partial charge in [-0.3, -0.25) is 0 Å². The highest BCUT2D eigenvalue weighted by atomic mass is 16.5. The Bertz CT molecular complexity index is 702. The molecule has 1 aliphatic carbocycles. The highest BCUT2D eigenvalue weighted by Crippen LogP contribution is 2.39. The van der Waals surface area contributed by atoms with E-state index in [2.05, 4.69) is 0 Å². The van der Waals surface area contributed by atoms with E-state index in [0.29, 0.717) is 12.0 Å². The summed E-state index contributed by atoms with van der Waals surface area (Å²) < 4.78 is 5.30. The van der Waals surface area contributed by atoms with E-state index in [1.165, 1.54) is 0 Å². The number of aliphatic carboxylic acids is 1. The number of hydrogen-bond donors (Lipinski definition) is 1. The molecule has 3 nitrogen and oxygen atoms in total. The van der Waals surface area contributed by atoms with E-state index in [-0.39, 0.29) is 5.92 Å². The summed E-state index contributed by atoms with van der Waals surface area (Å²) in [6.45, 7) is 0. The lowest BCUT2D eigenvalue weighted by molar-refractivity contribution is -0.132. The number of carbonyl (C=O) groups is 1. The topological polar surface area (TPSA) is 46.5 Å². The van der Waals surface area contributed by atoms with Gasteiger partial charge in [0.25, 0.3) is 0 Å². The molecule has 2 aromatic rings. The van der Waals surface area contributed by atoms with Crippen LogP contribution in [0.5, 0.6) is 5.75 Å². The number of rotatable bonds is 3. The van der Waals surface area contributed by atoms with Gasteiger partial charge in [0.1, 0.15) is 5.75 Å². The summed E-state index contributed by atoms with van der Waals surface area (Å²) in [5, 5.41) is 9.34. The molecular weight excluding hydrogens is 264 g/mol. The maximum absolute atomic E-state index is 11.4. The van der Waals surface area contributed by atoms with Crippen LogP contribution in [0.15, 0.2) is 54.1 Å². The molecule has 2 aromatic carbocycles. The van der Waals surface area contributed by atoms with Crippen LogP contribution in [-0.4, -0.2) is 18.2 Å². The molecule has 1 unspecified atom stereocenters. The molecule has 106 valence electrons. The fourth-order valence-corrected chi connectivity index (χ4v) is 2.82. The van der Waals surface area contributed by atoms with Crippen LogP contribution >= 0.6 is 0 Å². The normalized spacial score (nSPS) is 16.8. The van der Waals surface area contributed by atoms with Crippen LogP contribution in [0.3, 0.4) is 0 Å². The first kappa shape index (κ1) is 13.4. The second kappa shape index (κ2) is 5.44. The molecule has 1 N–H and O–H groups in total. The summed E-state index contributed by atoms with van der Waals surface area (Å²) in [5.74, 6) is -0.00773. The predicted octanol–water partition coefficient (Wildman–Crippen LogP) is 3.70. The van der Waals surface area contributed by atoms with Gasteiger partial charge in [0, 0.05) is 11.5 Å². The molecule has 0 saturated heterocycles. The standard InChI is InChI=1S/C18H16O3/c1-21-15-8-7-13-9-14(18(19)20)10-16(17(13)11-15)12-5-3-2-4-6-12/h2-9,11,16H,10H2,1H3,(H,19,20). The van der Waals surface area contributed by atoms with Gasteiger partial charge in [-0.25, -0.2) is 4.79 Å². The number of hydrogen-bond acceptors (Lipinski definition) is 2. The quantitative estimate of drug-likeness (QED) is 0.932. The monoisotopic (exact) mass is 280 g/mol. The van der Waals surface area contributed by atoms with E-state index in [0.717, 1.165) is 22.4 Å². The van der Waals surface area contributed by atoms with Crippen LogP contribution in [0.1, 0.15) is 29.0 Å². The van der Waals surface area contributed by atoms with E-state index >= 15 is 0 Å². The minimum absolute atomic E-state index is 0.0485. The number of ether oxygens (including phenoxy) is 1. The third-order valence-corrected chi connectivity index (χ3v) is 3.90. The Morgan fingerprint density at radius 3 is 2.62 bits per heavy atom. The largest absolute Gasteiger partial charge is 0.497 e. The van der Waals surface area contributed by atoms with Gasteiger partial charge in [-0.2, -0.15) is 0 Å². The number of benzene rings is 2. The van der Waals surface area contributed by atoms with Crippen molar-refractivity contribution >= 4 is 12.0 Å². The molecule has 3 rings (SSSR count). The van der Waals surface area contributed by atoms with Gasteiger partial charge in [-0.1, -0.05) is 36.4 Å². The first-order valence-electron chi connectivity index (χ1n) is 6.86. The molecule has 0 radical (unpaired) electrons. The van der Waals surface area contributed by atoms with E-state index < -0.39 is 5.97 Å². The third-order valence-electron chi connectivity index (χ3n) is 3.90. The Kier molecular flexibility index (Phi) is 3.48. The molecular formula is C18H16O3. The predicted molar refractivity (Wildman–Crippen MR) is 81.5 cm³/mol. The van der Waals surface area contributed by atoms with Crippen LogP contribution in [0, 0.1) is 0 Å². The number of methoxy groups -OCH3 is 1. The zero-order valence-electron chi connectivity index (χ0n) is 11.7. The minimum Gasteiger partial charge on any atom is -0.497 e. The second-order valence-electron chi connectivity index (χ2n) is 5.14. The maximum atomic E-state index is 11.4. The third kappa shape index (κ3) is 2.55. The summed E-state index contributed by atoms with van der Waals surface area (Å²) in [4.78, 5) is 11.4. The van der Waals surface area contributed by atoms with Crippen LogP contribution in [0.2, 0.25) is 0 Å². The number of carboxylic acids is 1. The van der Waals surface area contributed by atoms with Crippen LogP contribution < -0.4 is 4.74 Å². The van der Waals surface area contributed by atoms with Gasteiger partial charge in [0.05, 0.1) is 7.11 Å². The molecule has 0 aromatic heterocycles. The Morgan fingerprint density at radius 1 is 1.19 bits per heavy atom. The molecule has 1 aliphatic rings. The Hall–Kier alpha value is -2.55. The molecule has 0 saturated carbocycles. The van der Waals surface area contributed by atoms with Gasteiger partial charge >= 0.3 is 5.97 Å². The number of fused-ring (bicyclic) bond motifs is 1. The van der Waals surface area contributed by atoms with E-state index in [1.807, 2.05) is 48.5 Å². The summed E-state index contributed by atoms with van der Waals surface area (Å²) >= 11 is 0. The van der Waals surface area contributed by atoms with Crippen molar-refractivity contribution in [1.82, 2.24) is 0 Å². The van der Waals surface area contributed by atoms with Crippen molar-refractivity contribution in [2.75, 3.05) is 7.11 Å². The fraction of sp³-hybridized carbons (Fsp3) is 0.167. The molecule has 1 atom stereocenters. The Labute approximate surface area is 123 Å². The zero-order valence-corrected chi connectivity index (χ0v) is 11.7. The lowest BCUT2D eigenvalue weighted by Crippen LogP contribution is -2.13. The summed E-state index contributed by atoms with van der Waals surface area (Å²) in [6, 6.07) is 15.8. The molecule has 0 aliphatic heterocycles. The Balaban J connectivity index is 2.14. The lowest BCUT2D eigenvalue weighted by atomic mass is 9.79. The maximum Gasteiger partial charge on any atom is 0.331 e. The molecule has 0 fully saturated rings. The van der Waals surface area contributed by atoms with E-state index in [1.54, 1.807) is 13.2 Å². The fourth-order valence-electron chi connectivity index (χ4n) is 2.82. The second-order valence-corrected chi connectivity index (χ2v) is 5.14. The first-order valence-corrected chi connectivity index (χ1v) is 6.86. The van der Waals surface area contributed by atoms with Gasteiger partial charge in [-0.15, -0.1) is 0 Å². The van der Waals surface area contributed by atoms with E-state index in [9.17, 15) is 9.90 Å². The van der Waals surface area contributed by atoms with Crippen molar-refractivity contribution in [3.8, 4) is 5.75 Å². The molecule has 3 heteroatoms. The molecule has 0 heterocycles. The smallest absolute Gasteiger partial charge is 0.331 e. The van der Waals surface area contributed by atoms with Crippen molar-refractivity contribution in [2.45, 2.75) is 12.3 Å². The Morgan fingerprint density at radius 2 is 1.95 bits per heavy atom. The minimum atomic E-state index is -0.850. The average molecular weight is 280 g/mol. The van der Waals surface area contributed by atoms with Gasteiger partial charge in [-0.05, 0) is 41.3 Å². The van der Waals surface area contributed by atoms with Gasteiger partial charge < -0.3 is 9.84 Å². The van der Waals surface area contributed by atoms with Crippen molar-refractivity contribution in [1.29, 1.82) is 0 Å². The van der Waals surface area contributed by atoms with Crippen molar-refractivity contribution in [3.05, 3.63) is 70.8 Å². The van der Waals surface area contributed by atoms with Crippen LogP contribution in [0.4, 0.5) is 0 Å². The van der Waals surface area contributed by atoms with Gasteiger partial charge in [0.15, 0.2) is 0 Å². The number of carboxylic acid groups (broad SMARTS) is 1. The molecule has 0 spiro atoms. The highest BCUT2D eigenvalue weighted by Gasteiger charge is 2.26. The van der Waals surface area contributed by atoms with E-state index in [4.69, 9.17) is 4.74 Å². The summed E-state index contributed by atoms with van der Waals surface area (Å²) in [7, 11) is 1.64. The van der Waals surface area contributed by atoms with Gasteiger partial charge in [0.2, 0.25) is 0 Å². The van der Waals surface area contributed by atoms with Crippen molar-refractivity contribution in [2.24, 2.45) is 0 Å². The first-order chi connectivity index (χ1) is 10.2.